The van der Waals surface area contributed by atoms with Crippen molar-refractivity contribution in [1.82, 2.24) is 0 Å². The Labute approximate surface area is 67.9 Å². The molecule has 0 N–H and O–H groups in total. The van der Waals surface area contributed by atoms with Crippen LogP contribution in [0.15, 0.2) is 36.9 Å². The molecule has 0 heteroatoms. The van der Waals surface area contributed by atoms with Crippen LogP contribution in [0.5, 0.6) is 0 Å². The van der Waals surface area contributed by atoms with Crippen molar-refractivity contribution in [3.8, 4) is 0 Å². The largest absolute Gasteiger partial charge is 0.0985 e. The maximum atomic E-state index is 5.29. The lowest BCUT2D eigenvalue weighted by Gasteiger charge is -1.96. The average Bonchev–Trinajstić information content (AvgIpc) is 2.07. The highest BCUT2D eigenvalue weighted by Crippen LogP contribution is 2.05. The zero-order chi connectivity index (χ0) is 8.10. The normalized spacial score (nSPS) is 9.09. The van der Waals surface area contributed by atoms with Crippen LogP contribution in [0, 0.1) is 6.58 Å². The molecule has 0 aliphatic rings. The Morgan fingerprint density at radius 2 is 1.91 bits per heavy atom. The molecule has 0 unspecified atom stereocenters. The van der Waals surface area contributed by atoms with Crippen LogP contribution < -0.4 is 0 Å². The molecule has 1 aromatic rings. The van der Waals surface area contributed by atoms with E-state index in [1.165, 1.54) is 5.56 Å². The molecule has 55 valence electrons. The van der Waals surface area contributed by atoms with E-state index in [2.05, 4.69) is 18.7 Å². The van der Waals surface area contributed by atoms with Crippen LogP contribution in [0.2, 0.25) is 0 Å². The summed E-state index contributed by atoms with van der Waals surface area (Å²) in [7, 11) is 0. The van der Waals surface area contributed by atoms with Crippen molar-refractivity contribution >= 4 is 6.08 Å². The minimum Gasteiger partial charge on any atom is -0.0985 e. The van der Waals surface area contributed by atoms with Gasteiger partial charge < -0.3 is 0 Å². The molecule has 0 saturated carbocycles. The lowest BCUT2D eigenvalue weighted by molar-refractivity contribution is 1.27. The highest BCUT2D eigenvalue weighted by atomic mass is 13.9. The van der Waals surface area contributed by atoms with Crippen molar-refractivity contribution in [2.75, 3.05) is 0 Å². The van der Waals surface area contributed by atoms with Crippen molar-refractivity contribution in [1.29, 1.82) is 0 Å². The van der Waals surface area contributed by atoms with Crippen molar-refractivity contribution in [2.45, 2.75) is 6.42 Å². The summed E-state index contributed by atoms with van der Waals surface area (Å²) in [4.78, 5) is 0. The van der Waals surface area contributed by atoms with E-state index < -0.39 is 0 Å². The fraction of sp³-hybridized carbons (Fsp3) is 0.0909. The third-order valence-corrected chi connectivity index (χ3v) is 1.57. The Bertz CT molecular complexity index is 241. The molecule has 0 heterocycles. The first-order chi connectivity index (χ1) is 5.36. The molecule has 0 aliphatic heterocycles. The highest BCUT2D eigenvalue weighted by molar-refractivity contribution is 5.47. The molecular formula is C11H11. The molecule has 0 atom stereocenters. The van der Waals surface area contributed by atoms with E-state index in [9.17, 15) is 0 Å². The van der Waals surface area contributed by atoms with Crippen LogP contribution >= 0.6 is 0 Å². The number of hydrogen-bond acceptors (Lipinski definition) is 0. The first kappa shape index (κ1) is 7.80. The van der Waals surface area contributed by atoms with E-state index in [0.717, 1.165) is 12.0 Å². The fourth-order valence-electron chi connectivity index (χ4n) is 0.926. The van der Waals surface area contributed by atoms with Crippen molar-refractivity contribution in [3.63, 3.8) is 0 Å². The van der Waals surface area contributed by atoms with Crippen molar-refractivity contribution in [3.05, 3.63) is 54.6 Å². The Hall–Kier alpha value is -1.30. The molecule has 1 rings (SSSR count). The van der Waals surface area contributed by atoms with Gasteiger partial charge in [0.05, 0.1) is 0 Å². The zero-order valence-corrected chi connectivity index (χ0v) is 6.46. The van der Waals surface area contributed by atoms with Gasteiger partial charge in [-0.05, 0) is 17.5 Å². The molecule has 1 radical (unpaired) electrons. The van der Waals surface area contributed by atoms with Gasteiger partial charge >= 0.3 is 0 Å². The molecule has 0 nitrogen and oxygen atoms in total. The second-order valence-electron chi connectivity index (χ2n) is 2.39. The Morgan fingerprint density at radius 1 is 1.27 bits per heavy atom. The minimum absolute atomic E-state index is 0.831. The summed E-state index contributed by atoms with van der Waals surface area (Å²) in [5, 5.41) is 0. The first-order valence-electron chi connectivity index (χ1n) is 3.61. The van der Waals surface area contributed by atoms with Crippen molar-refractivity contribution < 1.29 is 0 Å². The van der Waals surface area contributed by atoms with E-state index in [4.69, 9.17) is 6.58 Å². The van der Waals surface area contributed by atoms with Gasteiger partial charge in [0.15, 0.2) is 0 Å². The predicted octanol–water partition coefficient (Wildman–Crippen LogP) is 2.86. The second kappa shape index (κ2) is 3.77. The number of hydrogen-bond donors (Lipinski definition) is 0. The predicted molar refractivity (Wildman–Crippen MR) is 49.1 cm³/mol. The molecule has 0 bridgehead atoms. The molecule has 0 amide bonds. The third-order valence-electron chi connectivity index (χ3n) is 1.57. The SMILES string of the molecule is [CH]=CCc1ccc(C=C)cc1. The Kier molecular flexibility index (Phi) is 2.67. The van der Waals surface area contributed by atoms with E-state index in [1.807, 2.05) is 18.2 Å². The second-order valence-corrected chi connectivity index (χ2v) is 2.39. The maximum absolute atomic E-state index is 5.29. The molecule has 0 fully saturated rings. The number of benzene rings is 1. The molecule has 11 heavy (non-hydrogen) atoms. The van der Waals surface area contributed by atoms with Gasteiger partial charge in [0, 0.05) is 0 Å². The van der Waals surface area contributed by atoms with Gasteiger partial charge in [-0.15, -0.1) is 0 Å². The minimum atomic E-state index is 0.831. The topological polar surface area (TPSA) is 0 Å². The summed E-state index contributed by atoms with van der Waals surface area (Å²) in [6, 6.07) is 8.18. The van der Waals surface area contributed by atoms with Crippen LogP contribution in [-0.2, 0) is 6.42 Å². The van der Waals surface area contributed by atoms with Crippen LogP contribution in [0.4, 0.5) is 0 Å². The van der Waals surface area contributed by atoms with Gasteiger partial charge in [-0.3, -0.25) is 0 Å². The first-order valence-corrected chi connectivity index (χ1v) is 3.61. The standard InChI is InChI=1S/C11H11/c1-3-5-11-8-6-10(4-2)7-9-11/h1,3-4,6-9H,2,5H2. The zero-order valence-electron chi connectivity index (χ0n) is 6.46. The van der Waals surface area contributed by atoms with Crippen LogP contribution in [0.25, 0.3) is 6.08 Å². The summed E-state index contributed by atoms with van der Waals surface area (Å²) in [6.07, 6.45) is 4.32. The van der Waals surface area contributed by atoms with Crippen LogP contribution in [0.1, 0.15) is 11.1 Å². The summed E-state index contributed by atoms with van der Waals surface area (Å²) in [5.74, 6) is 0. The van der Waals surface area contributed by atoms with Crippen LogP contribution in [0.3, 0.4) is 0 Å². The average molecular weight is 143 g/mol. The van der Waals surface area contributed by atoms with Gasteiger partial charge in [0.25, 0.3) is 0 Å². The van der Waals surface area contributed by atoms with Gasteiger partial charge in [0.1, 0.15) is 0 Å². The van der Waals surface area contributed by atoms with E-state index >= 15 is 0 Å². The summed E-state index contributed by atoms with van der Waals surface area (Å²) < 4.78 is 0. The number of allylic oxidation sites excluding steroid dienone is 1. The molecule has 0 aliphatic carbocycles. The Morgan fingerprint density at radius 3 is 2.36 bits per heavy atom. The summed E-state index contributed by atoms with van der Waals surface area (Å²) in [6.45, 7) is 8.96. The number of rotatable bonds is 3. The van der Waals surface area contributed by atoms with E-state index in [-0.39, 0.29) is 0 Å². The van der Waals surface area contributed by atoms with Gasteiger partial charge in [-0.2, -0.15) is 0 Å². The van der Waals surface area contributed by atoms with Crippen molar-refractivity contribution in [2.24, 2.45) is 0 Å². The third kappa shape index (κ3) is 2.08. The smallest absolute Gasteiger partial charge is 0.00943 e. The molecule has 1 aromatic carbocycles. The molecule has 0 spiro atoms. The fourth-order valence-corrected chi connectivity index (χ4v) is 0.926. The van der Waals surface area contributed by atoms with E-state index in [0.29, 0.717) is 0 Å². The maximum Gasteiger partial charge on any atom is -0.00943 e. The van der Waals surface area contributed by atoms with E-state index in [1.54, 1.807) is 6.08 Å². The lowest BCUT2D eigenvalue weighted by atomic mass is 10.1. The summed E-state index contributed by atoms with van der Waals surface area (Å²) in [5.41, 5.74) is 2.38. The van der Waals surface area contributed by atoms with Gasteiger partial charge in [-0.1, -0.05) is 49.6 Å². The van der Waals surface area contributed by atoms with Crippen LogP contribution in [-0.4, -0.2) is 0 Å². The van der Waals surface area contributed by atoms with Gasteiger partial charge in [-0.25, -0.2) is 0 Å². The summed E-state index contributed by atoms with van der Waals surface area (Å²) >= 11 is 0. The molecule has 0 aromatic heterocycles. The lowest BCUT2D eigenvalue weighted by Crippen LogP contribution is -1.79. The highest BCUT2D eigenvalue weighted by Gasteiger charge is 1.87. The quantitative estimate of drug-likeness (QED) is 0.610. The monoisotopic (exact) mass is 143 g/mol. The molecule has 0 saturated heterocycles. The molecular weight excluding hydrogens is 132 g/mol. The van der Waals surface area contributed by atoms with Gasteiger partial charge in [0.2, 0.25) is 0 Å². The Balaban J connectivity index is 2.81.